The number of rotatable bonds is 4. The third-order valence-electron chi connectivity index (χ3n) is 2.81. The molecule has 3 nitrogen and oxygen atoms in total. The van der Waals surface area contributed by atoms with Crippen molar-refractivity contribution in [3.63, 3.8) is 0 Å². The van der Waals surface area contributed by atoms with Gasteiger partial charge in [-0.1, -0.05) is 24.3 Å². The molecule has 1 aliphatic heterocycles. The highest BCUT2D eigenvalue weighted by Gasteiger charge is 2.24. The van der Waals surface area contributed by atoms with Gasteiger partial charge in [-0.25, -0.2) is 0 Å². The van der Waals surface area contributed by atoms with Crippen LogP contribution in [0.15, 0.2) is 34.1 Å². The summed E-state index contributed by atoms with van der Waals surface area (Å²) >= 11 is 3.23. The maximum Gasteiger partial charge on any atom is 0.160 e. The molecule has 1 heterocycles. The molecule has 1 fully saturated rings. The summed E-state index contributed by atoms with van der Waals surface area (Å²) < 4.78 is 0.916. The van der Waals surface area contributed by atoms with Crippen LogP contribution in [0.3, 0.4) is 0 Å². The number of hydrogen-bond donors (Lipinski definition) is 1. The highest BCUT2D eigenvalue weighted by Crippen LogP contribution is 2.42. The summed E-state index contributed by atoms with van der Waals surface area (Å²) in [4.78, 5) is 22.4. The van der Waals surface area contributed by atoms with Crippen LogP contribution in [0.25, 0.3) is 0 Å². The first-order chi connectivity index (χ1) is 9.13. The smallest absolute Gasteiger partial charge is 0.160 e. The minimum atomic E-state index is -0.925. The molecule has 1 aliphatic rings. The molecule has 0 radical (unpaired) electrons. The average molecular weight is 294 g/mol. The second kappa shape index (κ2) is 6.41. The number of hydrogen-bond acceptors (Lipinski definition) is 5. The van der Waals surface area contributed by atoms with Crippen molar-refractivity contribution < 1.29 is 14.7 Å². The van der Waals surface area contributed by atoms with Crippen molar-refractivity contribution in [3.05, 3.63) is 45.2 Å². The van der Waals surface area contributed by atoms with Gasteiger partial charge in [0.15, 0.2) is 5.78 Å². The summed E-state index contributed by atoms with van der Waals surface area (Å²) in [6, 6.07) is 6.65. The molecule has 0 spiro atoms. The molecule has 100 valence electrons. The topological polar surface area (TPSA) is 54.4 Å². The Morgan fingerprint density at radius 2 is 1.84 bits per heavy atom. The van der Waals surface area contributed by atoms with Crippen molar-refractivity contribution in [2.75, 3.05) is 11.5 Å². The maximum absolute atomic E-state index is 11.8. The Morgan fingerprint density at radius 3 is 2.32 bits per heavy atom. The van der Waals surface area contributed by atoms with Crippen LogP contribution in [0.4, 0.5) is 0 Å². The van der Waals surface area contributed by atoms with Gasteiger partial charge in [0, 0.05) is 26.9 Å². The van der Waals surface area contributed by atoms with Crippen LogP contribution in [0.1, 0.15) is 28.9 Å². The second-order valence-corrected chi connectivity index (χ2v) is 6.61. The number of aldehydes is 1. The lowest BCUT2D eigenvalue weighted by molar-refractivity contribution is -0.114. The molecule has 1 aromatic rings. The fourth-order valence-electron chi connectivity index (χ4n) is 1.84. The molecule has 2 rings (SSSR count). The van der Waals surface area contributed by atoms with Gasteiger partial charge in [-0.3, -0.25) is 9.59 Å². The summed E-state index contributed by atoms with van der Waals surface area (Å²) in [7, 11) is 0. The Hall–Kier alpha value is -1.04. The average Bonchev–Trinajstić information content (AvgIpc) is 2.92. The van der Waals surface area contributed by atoms with Crippen LogP contribution in [-0.2, 0) is 4.79 Å². The van der Waals surface area contributed by atoms with Crippen LogP contribution in [0.2, 0.25) is 0 Å². The van der Waals surface area contributed by atoms with E-state index >= 15 is 0 Å². The van der Waals surface area contributed by atoms with Crippen LogP contribution in [-0.4, -0.2) is 28.7 Å². The first kappa shape index (κ1) is 14.4. The van der Waals surface area contributed by atoms with E-state index in [-0.39, 0.29) is 5.78 Å². The first-order valence-corrected chi connectivity index (χ1v) is 7.84. The Morgan fingerprint density at radius 1 is 1.26 bits per heavy atom. The normalized spacial score (nSPS) is 16.2. The summed E-state index contributed by atoms with van der Waals surface area (Å²) in [5, 5.41) is 10.4. The fourth-order valence-corrected chi connectivity index (χ4v) is 4.53. The minimum absolute atomic E-state index is 0.108. The molecule has 5 heteroatoms. The molecule has 0 bridgehead atoms. The third-order valence-corrected chi connectivity index (χ3v) is 5.56. The van der Waals surface area contributed by atoms with E-state index in [1.165, 1.54) is 6.92 Å². The van der Waals surface area contributed by atoms with Gasteiger partial charge < -0.3 is 5.11 Å². The zero-order valence-electron chi connectivity index (χ0n) is 10.5. The number of carbonyl (C=O) groups excluding carboxylic acids is 2. The Kier molecular flexibility index (Phi) is 4.85. The SMILES string of the molecule is CC(=O)C(=C1SCCS1)C(O)c1ccc(C=O)cc1. The van der Waals surface area contributed by atoms with Crippen LogP contribution < -0.4 is 0 Å². The Balaban J connectivity index is 2.33. The highest BCUT2D eigenvalue weighted by atomic mass is 32.2. The van der Waals surface area contributed by atoms with Crippen LogP contribution in [0, 0.1) is 0 Å². The van der Waals surface area contributed by atoms with Gasteiger partial charge in [-0.2, -0.15) is 0 Å². The predicted octanol–water partition coefficient (Wildman–Crippen LogP) is 2.81. The van der Waals surface area contributed by atoms with E-state index in [4.69, 9.17) is 0 Å². The summed E-state index contributed by atoms with van der Waals surface area (Å²) in [6.45, 7) is 1.48. The van der Waals surface area contributed by atoms with Gasteiger partial charge in [0.1, 0.15) is 12.4 Å². The van der Waals surface area contributed by atoms with Gasteiger partial charge in [0.2, 0.25) is 0 Å². The van der Waals surface area contributed by atoms with E-state index in [9.17, 15) is 14.7 Å². The van der Waals surface area contributed by atoms with E-state index in [2.05, 4.69) is 0 Å². The standard InChI is InChI=1S/C14H14O3S2/c1-9(16)12(14-18-6-7-19-14)13(17)11-4-2-10(8-15)3-5-11/h2-5,8,13,17H,6-7H2,1H3. The Labute approximate surface area is 120 Å². The molecule has 1 atom stereocenters. The molecule has 0 saturated carbocycles. The van der Waals surface area contributed by atoms with Crippen LogP contribution >= 0.6 is 23.5 Å². The third kappa shape index (κ3) is 3.29. The van der Waals surface area contributed by atoms with Crippen molar-refractivity contribution in [2.45, 2.75) is 13.0 Å². The zero-order valence-corrected chi connectivity index (χ0v) is 12.1. The predicted molar refractivity (Wildman–Crippen MR) is 79.4 cm³/mol. The van der Waals surface area contributed by atoms with Crippen molar-refractivity contribution in [1.29, 1.82) is 0 Å². The van der Waals surface area contributed by atoms with E-state index in [0.717, 1.165) is 22.0 Å². The number of Topliss-reactive ketones (excluding diaryl/α,β-unsaturated/α-hetero) is 1. The number of aliphatic hydroxyl groups excluding tert-OH is 1. The highest BCUT2D eigenvalue weighted by molar-refractivity contribution is 8.25. The quantitative estimate of drug-likeness (QED) is 0.683. The van der Waals surface area contributed by atoms with E-state index in [0.29, 0.717) is 16.7 Å². The molecule has 0 amide bonds. The molecule has 1 unspecified atom stereocenters. The molecule has 1 saturated heterocycles. The van der Waals surface area contributed by atoms with Gasteiger partial charge in [-0.15, -0.1) is 23.5 Å². The zero-order chi connectivity index (χ0) is 13.8. The lowest BCUT2D eigenvalue weighted by Crippen LogP contribution is -2.10. The number of benzene rings is 1. The molecule has 0 aliphatic carbocycles. The van der Waals surface area contributed by atoms with E-state index in [1.807, 2.05) is 0 Å². The van der Waals surface area contributed by atoms with Gasteiger partial charge in [0.05, 0.1) is 0 Å². The number of carbonyl (C=O) groups is 2. The molecule has 19 heavy (non-hydrogen) atoms. The molecular formula is C14H14O3S2. The minimum Gasteiger partial charge on any atom is -0.383 e. The number of thioether (sulfide) groups is 2. The summed E-state index contributed by atoms with van der Waals surface area (Å²) in [5.41, 5.74) is 1.65. The van der Waals surface area contributed by atoms with Crippen LogP contribution in [0.5, 0.6) is 0 Å². The largest absolute Gasteiger partial charge is 0.383 e. The van der Waals surface area contributed by atoms with E-state index in [1.54, 1.807) is 47.8 Å². The Bertz CT molecular complexity index is 512. The summed E-state index contributed by atoms with van der Waals surface area (Å²) in [6.07, 6.45) is -0.172. The number of ketones is 1. The molecule has 1 N–H and O–H groups in total. The monoisotopic (exact) mass is 294 g/mol. The summed E-state index contributed by atoms with van der Waals surface area (Å²) in [5.74, 6) is 1.82. The van der Waals surface area contributed by atoms with Gasteiger partial charge in [0.25, 0.3) is 0 Å². The molecule has 1 aromatic carbocycles. The second-order valence-electron chi connectivity index (χ2n) is 4.14. The molecular weight excluding hydrogens is 280 g/mol. The van der Waals surface area contributed by atoms with E-state index < -0.39 is 6.10 Å². The lowest BCUT2D eigenvalue weighted by atomic mass is 9.99. The number of aliphatic hydroxyl groups is 1. The van der Waals surface area contributed by atoms with Crippen molar-refractivity contribution >= 4 is 35.6 Å². The van der Waals surface area contributed by atoms with Gasteiger partial charge in [-0.05, 0) is 12.5 Å². The first-order valence-electron chi connectivity index (χ1n) is 5.87. The van der Waals surface area contributed by atoms with Crippen molar-refractivity contribution in [2.24, 2.45) is 0 Å². The fraction of sp³-hybridized carbons (Fsp3) is 0.286. The lowest BCUT2D eigenvalue weighted by Gasteiger charge is -2.15. The van der Waals surface area contributed by atoms with Crippen molar-refractivity contribution in [3.8, 4) is 0 Å². The molecule has 0 aromatic heterocycles. The maximum atomic E-state index is 11.8. The van der Waals surface area contributed by atoms with Crippen molar-refractivity contribution in [1.82, 2.24) is 0 Å². The van der Waals surface area contributed by atoms with Gasteiger partial charge >= 0.3 is 0 Å².